The Morgan fingerprint density at radius 3 is 2.11 bits per heavy atom. The fourth-order valence-electron chi connectivity index (χ4n) is 0.621. The maximum absolute atomic E-state index is 10.4. The molecule has 0 saturated heterocycles. The number of hydrogen-bond donors (Lipinski definition) is 2. The van der Waals surface area contributed by atoms with Crippen LogP contribution in [0.3, 0.4) is 0 Å². The summed E-state index contributed by atoms with van der Waals surface area (Å²) in [5.74, 6) is -0.664. The zero-order chi connectivity index (χ0) is 7.07. The summed E-state index contributed by atoms with van der Waals surface area (Å²) >= 11 is -2.07. The smallest absolute Gasteiger partial charge is 0.238 e. The Bertz CT molecular complexity index is 159. The lowest BCUT2D eigenvalue weighted by atomic mass is 10.4. The molecule has 1 rings (SSSR count). The molecular weight excluding hydrogens is 142 g/mol. The first kappa shape index (κ1) is 6.70. The predicted octanol–water partition coefficient (Wildman–Crippen LogP) is -0.774. The predicted molar refractivity (Wildman–Crippen MR) is 31.9 cm³/mol. The summed E-state index contributed by atoms with van der Waals surface area (Å²) in [5.41, 5.74) is 4.84. The second kappa shape index (κ2) is 1.78. The second-order valence-corrected chi connectivity index (χ2v) is 3.39. The van der Waals surface area contributed by atoms with Crippen LogP contribution in [0.2, 0.25) is 0 Å². The van der Waals surface area contributed by atoms with E-state index in [-0.39, 0.29) is 0 Å². The third-order valence-corrected chi connectivity index (χ3v) is 2.77. The van der Waals surface area contributed by atoms with Crippen molar-refractivity contribution in [3.05, 3.63) is 0 Å². The van der Waals surface area contributed by atoms with E-state index in [0.717, 1.165) is 0 Å². The van der Waals surface area contributed by atoms with Crippen molar-refractivity contribution in [2.45, 2.75) is 17.6 Å². The number of primary amides is 1. The normalized spacial score (nSPS) is 25.0. The van der Waals surface area contributed by atoms with Crippen molar-refractivity contribution >= 4 is 17.0 Å². The number of amides is 1. The molecule has 1 aliphatic rings. The van der Waals surface area contributed by atoms with Gasteiger partial charge in [-0.1, -0.05) is 0 Å². The Labute approximate surface area is 54.7 Å². The van der Waals surface area contributed by atoms with Crippen LogP contribution in [-0.4, -0.2) is 19.4 Å². The first-order valence-corrected chi connectivity index (χ1v) is 3.61. The van der Waals surface area contributed by atoms with Gasteiger partial charge in [-0.25, -0.2) is 4.21 Å². The van der Waals surface area contributed by atoms with Gasteiger partial charge in [-0.2, -0.15) is 0 Å². The standard InChI is InChI=1S/C4H7NO3S/c5-3(6)4(1-2-4)9(7)8/h1-2H2,(H2,5,6)(H,7,8). The molecule has 9 heavy (non-hydrogen) atoms. The lowest BCUT2D eigenvalue weighted by Gasteiger charge is -2.01. The Morgan fingerprint density at radius 2 is 2.11 bits per heavy atom. The van der Waals surface area contributed by atoms with Crippen LogP contribution in [0.15, 0.2) is 0 Å². The van der Waals surface area contributed by atoms with Gasteiger partial charge in [-0.3, -0.25) is 4.79 Å². The quantitative estimate of drug-likeness (QED) is 0.506. The number of rotatable bonds is 2. The van der Waals surface area contributed by atoms with Crippen LogP contribution < -0.4 is 5.73 Å². The molecule has 0 aromatic carbocycles. The Hall–Kier alpha value is -0.420. The average molecular weight is 149 g/mol. The molecule has 0 aromatic heterocycles. The largest absolute Gasteiger partial charge is 0.368 e. The van der Waals surface area contributed by atoms with Crippen LogP contribution in [0.4, 0.5) is 0 Å². The van der Waals surface area contributed by atoms with Crippen molar-refractivity contribution in [3.8, 4) is 0 Å². The van der Waals surface area contributed by atoms with E-state index in [2.05, 4.69) is 0 Å². The lowest BCUT2D eigenvalue weighted by Crippen LogP contribution is -2.34. The maximum atomic E-state index is 10.4. The summed E-state index contributed by atoms with van der Waals surface area (Å²) < 4.78 is 17.7. The highest BCUT2D eigenvalue weighted by Crippen LogP contribution is 2.40. The monoisotopic (exact) mass is 149 g/mol. The molecule has 0 aliphatic heterocycles. The van der Waals surface area contributed by atoms with Crippen LogP contribution >= 0.6 is 0 Å². The van der Waals surface area contributed by atoms with Crippen LogP contribution in [0.25, 0.3) is 0 Å². The van der Waals surface area contributed by atoms with Crippen molar-refractivity contribution < 1.29 is 13.6 Å². The molecule has 0 heterocycles. The van der Waals surface area contributed by atoms with Gasteiger partial charge in [0.25, 0.3) is 0 Å². The molecule has 1 amide bonds. The van der Waals surface area contributed by atoms with E-state index in [9.17, 15) is 9.00 Å². The molecule has 1 saturated carbocycles. The minimum atomic E-state index is -2.07. The van der Waals surface area contributed by atoms with E-state index in [4.69, 9.17) is 10.3 Å². The van der Waals surface area contributed by atoms with E-state index >= 15 is 0 Å². The molecule has 1 unspecified atom stereocenters. The van der Waals surface area contributed by atoms with Crippen molar-refractivity contribution in [2.75, 3.05) is 0 Å². The highest BCUT2D eigenvalue weighted by Gasteiger charge is 2.54. The summed E-state index contributed by atoms with van der Waals surface area (Å²) in [6, 6.07) is 0. The second-order valence-electron chi connectivity index (χ2n) is 2.11. The molecule has 1 atom stereocenters. The Morgan fingerprint density at radius 1 is 1.67 bits per heavy atom. The van der Waals surface area contributed by atoms with Gasteiger partial charge < -0.3 is 10.3 Å². The van der Waals surface area contributed by atoms with E-state index in [0.29, 0.717) is 12.8 Å². The van der Waals surface area contributed by atoms with Crippen molar-refractivity contribution in [2.24, 2.45) is 5.73 Å². The van der Waals surface area contributed by atoms with Crippen molar-refractivity contribution in [1.82, 2.24) is 0 Å². The summed E-state index contributed by atoms with van der Waals surface area (Å²) in [5, 5.41) is 0. The van der Waals surface area contributed by atoms with Gasteiger partial charge in [-0.05, 0) is 12.8 Å². The van der Waals surface area contributed by atoms with E-state index in [1.165, 1.54) is 0 Å². The SMILES string of the molecule is NC(=O)C1(S(=O)O)CC1. The number of carbonyl (C=O) groups is 1. The van der Waals surface area contributed by atoms with Crippen LogP contribution in [0, 0.1) is 0 Å². The first-order chi connectivity index (χ1) is 4.09. The molecule has 3 N–H and O–H groups in total. The Balaban J connectivity index is 2.75. The molecule has 0 radical (unpaired) electrons. The minimum Gasteiger partial charge on any atom is -0.368 e. The van der Waals surface area contributed by atoms with Gasteiger partial charge in [0.15, 0.2) is 11.1 Å². The summed E-state index contributed by atoms with van der Waals surface area (Å²) in [6.45, 7) is 0. The molecule has 1 fully saturated rings. The first-order valence-electron chi connectivity index (χ1n) is 2.50. The lowest BCUT2D eigenvalue weighted by molar-refractivity contribution is -0.118. The fourth-order valence-corrected chi connectivity index (χ4v) is 1.24. The minimum absolute atomic E-state index is 0.450. The number of nitrogens with two attached hydrogens (primary N) is 1. The van der Waals surface area contributed by atoms with Crippen LogP contribution in [-0.2, 0) is 15.9 Å². The van der Waals surface area contributed by atoms with Crippen LogP contribution in [0.1, 0.15) is 12.8 Å². The zero-order valence-electron chi connectivity index (χ0n) is 4.66. The van der Waals surface area contributed by atoms with Crippen LogP contribution in [0.5, 0.6) is 0 Å². The van der Waals surface area contributed by atoms with E-state index in [1.807, 2.05) is 0 Å². The molecule has 5 heteroatoms. The topological polar surface area (TPSA) is 80.4 Å². The average Bonchev–Trinajstić information content (AvgIpc) is 2.40. The van der Waals surface area contributed by atoms with Crippen molar-refractivity contribution in [1.29, 1.82) is 0 Å². The third kappa shape index (κ3) is 0.859. The van der Waals surface area contributed by atoms with Gasteiger partial charge >= 0.3 is 0 Å². The molecule has 52 valence electrons. The van der Waals surface area contributed by atoms with E-state index < -0.39 is 21.7 Å². The highest BCUT2D eigenvalue weighted by atomic mass is 32.2. The van der Waals surface area contributed by atoms with Gasteiger partial charge in [0.1, 0.15) is 4.75 Å². The van der Waals surface area contributed by atoms with Gasteiger partial charge in [0.05, 0.1) is 0 Å². The fraction of sp³-hybridized carbons (Fsp3) is 0.750. The number of carbonyl (C=O) groups excluding carboxylic acids is 1. The molecule has 1 aliphatic carbocycles. The molecule has 0 bridgehead atoms. The summed E-state index contributed by atoms with van der Waals surface area (Å²) in [6.07, 6.45) is 0.900. The van der Waals surface area contributed by atoms with E-state index in [1.54, 1.807) is 0 Å². The molecular formula is C4H7NO3S. The van der Waals surface area contributed by atoms with Gasteiger partial charge in [-0.15, -0.1) is 0 Å². The van der Waals surface area contributed by atoms with Crippen molar-refractivity contribution in [3.63, 3.8) is 0 Å². The molecule has 0 spiro atoms. The van der Waals surface area contributed by atoms with Gasteiger partial charge in [0.2, 0.25) is 5.91 Å². The summed E-state index contributed by atoms with van der Waals surface area (Å²) in [4.78, 5) is 10.4. The maximum Gasteiger partial charge on any atom is 0.238 e. The zero-order valence-corrected chi connectivity index (χ0v) is 5.48. The molecule has 4 nitrogen and oxygen atoms in total. The number of hydrogen-bond acceptors (Lipinski definition) is 2. The Kier molecular flexibility index (Phi) is 1.32. The molecule has 0 aromatic rings. The third-order valence-electron chi connectivity index (χ3n) is 1.49. The van der Waals surface area contributed by atoms with Gasteiger partial charge in [0, 0.05) is 0 Å². The summed E-state index contributed by atoms with van der Waals surface area (Å²) in [7, 11) is 0. The highest BCUT2D eigenvalue weighted by molar-refractivity contribution is 7.82.